The minimum Gasteiger partial charge on any atom is -0.396 e. The van der Waals surface area contributed by atoms with Crippen LogP contribution < -0.4 is 0 Å². The van der Waals surface area contributed by atoms with Crippen LogP contribution in [-0.4, -0.2) is 40.9 Å². The number of hydrogen-bond donors (Lipinski definition) is 2. The van der Waals surface area contributed by atoms with Crippen molar-refractivity contribution in [1.29, 1.82) is 0 Å². The molecule has 1 fully saturated rings. The molecule has 0 aliphatic heterocycles. The van der Waals surface area contributed by atoms with Crippen LogP contribution in [-0.2, 0) is 0 Å². The third kappa shape index (κ3) is 4.05. The summed E-state index contributed by atoms with van der Waals surface area (Å²) in [5, 5.41) is 19.5. The van der Waals surface area contributed by atoms with Crippen LogP contribution in [0.15, 0.2) is 30.3 Å². The zero-order valence-corrected chi connectivity index (χ0v) is 12.4. The first kappa shape index (κ1) is 15.5. The molecule has 0 heterocycles. The molecule has 2 unspecified atom stereocenters. The Balaban J connectivity index is 1.91. The molecule has 1 saturated carbocycles. The van der Waals surface area contributed by atoms with E-state index >= 15 is 0 Å². The molecule has 2 rings (SSSR count). The summed E-state index contributed by atoms with van der Waals surface area (Å²) in [4.78, 5) is 2.45. The van der Waals surface area contributed by atoms with Gasteiger partial charge in [0.2, 0.25) is 0 Å². The average molecular weight is 277 g/mol. The van der Waals surface area contributed by atoms with E-state index in [1.807, 2.05) is 30.3 Å². The monoisotopic (exact) mass is 277 g/mol. The molecule has 0 aromatic heterocycles. The first-order valence-corrected chi connectivity index (χ1v) is 7.80. The first-order valence-electron chi connectivity index (χ1n) is 7.80. The van der Waals surface area contributed by atoms with E-state index in [9.17, 15) is 5.11 Å². The highest BCUT2D eigenvalue weighted by Gasteiger charge is 2.27. The average Bonchev–Trinajstić information content (AvgIpc) is 2.42. The van der Waals surface area contributed by atoms with Crippen LogP contribution in [0.1, 0.15) is 44.3 Å². The molecule has 1 aromatic rings. The fraction of sp³-hybridized carbons (Fsp3) is 0.647. The Bertz CT molecular complexity index is 378. The van der Waals surface area contributed by atoms with Gasteiger partial charge < -0.3 is 10.2 Å². The molecule has 3 nitrogen and oxygen atoms in total. The van der Waals surface area contributed by atoms with Crippen molar-refractivity contribution in [2.45, 2.75) is 44.8 Å². The lowest BCUT2D eigenvalue weighted by atomic mass is 9.89. The second-order valence-electron chi connectivity index (χ2n) is 5.99. The third-order valence-corrected chi connectivity index (χ3v) is 4.40. The molecule has 1 aromatic carbocycles. The van der Waals surface area contributed by atoms with E-state index in [0.29, 0.717) is 6.04 Å². The van der Waals surface area contributed by atoms with Crippen molar-refractivity contribution in [2.75, 3.05) is 19.7 Å². The fourth-order valence-electron chi connectivity index (χ4n) is 2.90. The lowest BCUT2D eigenvalue weighted by Gasteiger charge is -2.39. The molecule has 0 spiro atoms. The molecule has 1 aliphatic carbocycles. The minimum atomic E-state index is -0.409. The smallest absolute Gasteiger partial charge is 0.0827 e. The highest BCUT2D eigenvalue weighted by Crippen LogP contribution is 2.28. The summed E-state index contributed by atoms with van der Waals surface area (Å²) in [6.07, 6.45) is 4.26. The van der Waals surface area contributed by atoms with Gasteiger partial charge in [-0.1, -0.05) is 43.7 Å². The second-order valence-corrected chi connectivity index (χ2v) is 5.99. The summed E-state index contributed by atoms with van der Waals surface area (Å²) in [5.74, 6) is 0.205. The van der Waals surface area contributed by atoms with Crippen molar-refractivity contribution in [2.24, 2.45) is 5.92 Å². The molecular formula is C17H27NO2. The molecule has 0 bridgehead atoms. The third-order valence-electron chi connectivity index (χ3n) is 4.40. The van der Waals surface area contributed by atoms with Gasteiger partial charge in [0.25, 0.3) is 0 Å². The number of rotatable bonds is 8. The van der Waals surface area contributed by atoms with Crippen LogP contribution >= 0.6 is 0 Å². The summed E-state index contributed by atoms with van der Waals surface area (Å²) in [5.41, 5.74) is 0.996. The van der Waals surface area contributed by atoms with E-state index in [0.717, 1.165) is 25.1 Å². The zero-order chi connectivity index (χ0) is 14.4. The predicted molar refractivity (Wildman–Crippen MR) is 81.5 cm³/mol. The largest absolute Gasteiger partial charge is 0.396 e. The van der Waals surface area contributed by atoms with Gasteiger partial charge in [0.15, 0.2) is 0 Å². The maximum absolute atomic E-state index is 10.5. The van der Waals surface area contributed by atoms with Crippen molar-refractivity contribution in [3.63, 3.8) is 0 Å². The molecule has 0 saturated heterocycles. The van der Waals surface area contributed by atoms with Crippen molar-refractivity contribution in [1.82, 2.24) is 4.90 Å². The lowest BCUT2D eigenvalue weighted by Crippen LogP contribution is -2.44. The van der Waals surface area contributed by atoms with Crippen LogP contribution in [0.25, 0.3) is 0 Å². The van der Waals surface area contributed by atoms with Crippen LogP contribution in [0, 0.1) is 5.92 Å². The second kappa shape index (κ2) is 7.77. The van der Waals surface area contributed by atoms with E-state index in [1.54, 1.807) is 0 Å². The number of benzene rings is 1. The van der Waals surface area contributed by atoms with Crippen LogP contribution in [0.3, 0.4) is 0 Å². The lowest BCUT2D eigenvalue weighted by molar-refractivity contribution is 0.0499. The van der Waals surface area contributed by atoms with Gasteiger partial charge >= 0.3 is 0 Å². The Kier molecular flexibility index (Phi) is 6.02. The van der Waals surface area contributed by atoms with Gasteiger partial charge in [0.05, 0.1) is 6.10 Å². The Morgan fingerprint density at radius 1 is 1.25 bits per heavy atom. The van der Waals surface area contributed by atoms with Gasteiger partial charge in [-0.25, -0.2) is 0 Å². The maximum Gasteiger partial charge on any atom is 0.0827 e. The molecule has 20 heavy (non-hydrogen) atoms. The minimum absolute atomic E-state index is 0.205. The first-order chi connectivity index (χ1) is 9.72. The highest BCUT2D eigenvalue weighted by atomic mass is 16.3. The molecule has 0 radical (unpaired) electrons. The van der Waals surface area contributed by atoms with Gasteiger partial charge in [0.1, 0.15) is 0 Å². The topological polar surface area (TPSA) is 43.7 Å². The van der Waals surface area contributed by atoms with Gasteiger partial charge in [-0.3, -0.25) is 4.90 Å². The normalized spacial score (nSPS) is 18.8. The zero-order valence-electron chi connectivity index (χ0n) is 12.4. The maximum atomic E-state index is 10.5. The van der Waals surface area contributed by atoms with Crippen molar-refractivity contribution in [3.05, 3.63) is 35.9 Å². The van der Waals surface area contributed by atoms with Gasteiger partial charge in [-0.05, 0) is 30.7 Å². The van der Waals surface area contributed by atoms with Crippen LogP contribution in [0.2, 0.25) is 0 Å². The Morgan fingerprint density at radius 2 is 1.95 bits per heavy atom. The van der Waals surface area contributed by atoms with Gasteiger partial charge in [-0.2, -0.15) is 0 Å². The van der Waals surface area contributed by atoms with E-state index in [4.69, 9.17) is 5.11 Å². The summed E-state index contributed by atoms with van der Waals surface area (Å²) in [7, 11) is 0. The summed E-state index contributed by atoms with van der Waals surface area (Å²) in [6, 6.07) is 10.6. The fourth-order valence-corrected chi connectivity index (χ4v) is 2.90. The summed E-state index contributed by atoms with van der Waals surface area (Å²) in [6.45, 7) is 4.20. The van der Waals surface area contributed by atoms with E-state index in [1.165, 1.54) is 19.3 Å². The van der Waals surface area contributed by atoms with E-state index in [-0.39, 0.29) is 12.5 Å². The molecule has 2 N–H and O–H groups in total. The molecule has 1 aliphatic rings. The van der Waals surface area contributed by atoms with E-state index in [2.05, 4.69) is 11.8 Å². The van der Waals surface area contributed by atoms with Crippen molar-refractivity contribution in [3.8, 4) is 0 Å². The molecule has 112 valence electrons. The number of hydrogen-bond acceptors (Lipinski definition) is 3. The summed E-state index contributed by atoms with van der Waals surface area (Å²) < 4.78 is 0. The standard InChI is InChI=1S/C17H27NO2/c1-14(17(20)15-7-3-2-4-8-15)13-18(11-6-12-19)16-9-5-10-16/h2-4,7-8,14,16-17,19-20H,5-6,9-13H2,1H3. The predicted octanol–water partition coefficient (Wildman–Crippen LogP) is 2.59. The molecule has 2 atom stereocenters. The Labute approximate surface area is 122 Å². The van der Waals surface area contributed by atoms with Crippen molar-refractivity contribution >= 4 is 0 Å². The van der Waals surface area contributed by atoms with Gasteiger partial charge in [-0.15, -0.1) is 0 Å². The van der Waals surface area contributed by atoms with Crippen LogP contribution in [0.5, 0.6) is 0 Å². The van der Waals surface area contributed by atoms with Gasteiger partial charge in [0, 0.05) is 25.7 Å². The highest BCUT2D eigenvalue weighted by molar-refractivity contribution is 5.17. The quantitative estimate of drug-likeness (QED) is 0.767. The Hall–Kier alpha value is -0.900. The molecule has 3 heteroatoms. The number of nitrogens with zero attached hydrogens (tertiary/aromatic N) is 1. The molecular weight excluding hydrogens is 250 g/mol. The van der Waals surface area contributed by atoms with Crippen molar-refractivity contribution < 1.29 is 10.2 Å². The molecule has 0 amide bonds. The number of aliphatic hydroxyl groups is 2. The SMILES string of the molecule is CC(CN(CCCO)C1CCC1)C(O)c1ccccc1. The van der Waals surface area contributed by atoms with Crippen LogP contribution in [0.4, 0.5) is 0 Å². The summed E-state index contributed by atoms with van der Waals surface area (Å²) >= 11 is 0. The number of aliphatic hydroxyl groups excluding tert-OH is 2. The Morgan fingerprint density at radius 3 is 2.50 bits per heavy atom. The van der Waals surface area contributed by atoms with E-state index < -0.39 is 6.10 Å².